The minimum atomic E-state index is -0.737. The Labute approximate surface area is 149 Å². The molecule has 0 radical (unpaired) electrons. The number of hydrogen-bond acceptors (Lipinski definition) is 4. The number of carbonyl (C=O) groups excluding carboxylic acids is 3. The molecule has 134 valence electrons. The van der Waals surface area contributed by atoms with Gasteiger partial charge < -0.3 is 4.74 Å². The van der Waals surface area contributed by atoms with Gasteiger partial charge in [-0.2, -0.15) is 0 Å². The van der Waals surface area contributed by atoms with Crippen molar-refractivity contribution in [1.29, 1.82) is 0 Å². The molecule has 7 heteroatoms. The number of nitrogens with zero attached hydrogens (tertiary/aromatic N) is 2. The smallest absolute Gasteiger partial charge is 0.265 e. The number of carbonyl (C=O) groups is 3. The Kier molecular flexibility index (Phi) is 3.91. The van der Waals surface area contributed by atoms with Crippen LogP contribution in [0, 0.1) is 30.0 Å². The SMILES string of the molecule is C#CCN1C(=O)COc2cc(F)c(N3C(=O)C4CCCCC4C3=O)cc21. The average molecular weight is 356 g/mol. The first-order valence-electron chi connectivity index (χ1n) is 8.61. The largest absolute Gasteiger partial charge is 0.481 e. The standard InChI is InChI=1S/C19H17FN2O4/c1-2-7-21-15-9-14(13(20)8-16(15)26-10-17(21)23)22-18(24)11-5-3-4-6-12(11)19(22)25/h1,8-9,11-12H,3-7,10H2. The molecule has 2 aliphatic heterocycles. The predicted octanol–water partition coefficient (Wildman–Crippen LogP) is 1.86. The van der Waals surface area contributed by atoms with Crippen molar-refractivity contribution in [2.45, 2.75) is 25.7 Å². The van der Waals surface area contributed by atoms with Crippen LogP contribution in [-0.4, -0.2) is 30.9 Å². The summed E-state index contributed by atoms with van der Waals surface area (Å²) in [5.74, 6) is -0.0606. The van der Waals surface area contributed by atoms with Gasteiger partial charge in [0.05, 0.1) is 29.8 Å². The number of amides is 3. The Morgan fingerprint density at radius 2 is 1.77 bits per heavy atom. The van der Waals surface area contributed by atoms with Crippen LogP contribution in [0.1, 0.15) is 25.7 Å². The molecule has 1 aromatic rings. The number of terminal acetylenes is 1. The number of imide groups is 1. The van der Waals surface area contributed by atoms with Gasteiger partial charge in [0.2, 0.25) is 11.8 Å². The van der Waals surface area contributed by atoms with Crippen molar-refractivity contribution in [3.05, 3.63) is 17.9 Å². The van der Waals surface area contributed by atoms with Crippen molar-refractivity contribution in [2.24, 2.45) is 11.8 Å². The summed E-state index contributed by atoms with van der Waals surface area (Å²) < 4.78 is 20.0. The van der Waals surface area contributed by atoms with Crippen LogP contribution in [0.5, 0.6) is 5.75 Å². The van der Waals surface area contributed by atoms with E-state index in [0.717, 1.165) is 23.8 Å². The van der Waals surface area contributed by atoms with E-state index in [9.17, 15) is 18.8 Å². The highest BCUT2D eigenvalue weighted by atomic mass is 19.1. The van der Waals surface area contributed by atoms with E-state index in [1.165, 1.54) is 11.0 Å². The van der Waals surface area contributed by atoms with Crippen LogP contribution in [0.25, 0.3) is 0 Å². The summed E-state index contributed by atoms with van der Waals surface area (Å²) in [6.45, 7) is -0.243. The zero-order valence-electron chi connectivity index (χ0n) is 14.0. The maximum Gasteiger partial charge on any atom is 0.265 e. The molecule has 0 spiro atoms. The molecule has 2 atom stereocenters. The molecule has 1 aliphatic carbocycles. The molecule has 0 aromatic heterocycles. The number of halogens is 1. The second-order valence-electron chi connectivity index (χ2n) is 6.75. The molecule has 3 amide bonds. The number of benzene rings is 1. The van der Waals surface area contributed by atoms with E-state index < -0.39 is 5.82 Å². The Balaban J connectivity index is 1.78. The molecule has 4 rings (SSSR count). The predicted molar refractivity (Wildman–Crippen MR) is 91.0 cm³/mol. The summed E-state index contributed by atoms with van der Waals surface area (Å²) in [6.07, 6.45) is 8.37. The first kappa shape index (κ1) is 16.6. The van der Waals surface area contributed by atoms with E-state index in [1.54, 1.807) is 0 Å². The van der Waals surface area contributed by atoms with E-state index in [-0.39, 0.29) is 59.8 Å². The third kappa shape index (κ3) is 2.37. The fourth-order valence-corrected chi connectivity index (χ4v) is 4.05. The monoisotopic (exact) mass is 356 g/mol. The van der Waals surface area contributed by atoms with Crippen molar-refractivity contribution >= 4 is 29.1 Å². The Morgan fingerprint density at radius 1 is 1.12 bits per heavy atom. The van der Waals surface area contributed by atoms with E-state index >= 15 is 0 Å². The second-order valence-corrected chi connectivity index (χ2v) is 6.75. The second kappa shape index (κ2) is 6.13. The van der Waals surface area contributed by atoms with Gasteiger partial charge >= 0.3 is 0 Å². The third-order valence-corrected chi connectivity index (χ3v) is 5.30. The van der Waals surface area contributed by atoms with Crippen molar-refractivity contribution in [1.82, 2.24) is 0 Å². The molecular formula is C19H17FN2O4. The Bertz CT molecular complexity index is 836. The summed E-state index contributed by atoms with van der Waals surface area (Å²) in [4.78, 5) is 39.8. The first-order valence-corrected chi connectivity index (χ1v) is 8.61. The molecule has 26 heavy (non-hydrogen) atoms. The van der Waals surface area contributed by atoms with Crippen molar-refractivity contribution < 1.29 is 23.5 Å². The van der Waals surface area contributed by atoms with Gasteiger partial charge in [-0.25, -0.2) is 9.29 Å². The minimum absolute atomic E-state index is 0.00654. The minimum Gasteiger partial charge on any atom is -0.481 e. The Hall–Kier alpha value is -2.88. The number of anilines is 2. The summed E-state index contributed by atoms with van der Waals surface area (Å²) in [5.41, 5.74) is 0.125. The molecule has 1 saturated heterocycles. The lowest BCUT2D eigenvalue weighted by atomic mass is 9.81. The lowest BCUT2D eigenvalue weighted by molar-refractivity contribution is -0.123. The van der Waals surface area contributed by atoms with Crippen molar-refractivity contribution in [2.75, 3.05) is 23.0 Å². The molecule has 0 bridgehead atoms. The highest BCUT2D eigenvalue weighted by Gasteiger charge is 2.49. The van der Waals surface area contributed by atoms with Gasteiger partial charge in [-0.1, -0.05) is 18.8 Å². The molecule has 3 aliphatic rings. The van der Waals surface area contributed by atoms with Crippen LogP contribution in [0.15, 0.2) is 12.1 Å². The number of ether oxygens (including phenoxy) is 1. The number of fused-ring (bicyclic) bond motifs is 2. The summed E-state index contributed by atoms with van der Waals surface area (Å²) in [5, 5.41) is 0. The highest BCUT2D eigenvalue weighted by molar-refractivity contribution is 6.22. The normalized spacial score (nSPS) is 24.8. The Morgan fingerprint density at radius 3 is 2.38 bits per heavy atom. The van der Waals surface area contributed by atoms with Gasteiger partial charge in [0.15, 0.2) is 12.4 Å². The maximum absolute atomic E-state index is 14.7. The molecule has 6 nitrogen and oxygen atoms in total. The van der Waals surface area contributed by atoms with Crippen LogP contribution in [0.4, 0.5) is 15.8 Å². The van der Waals surface area contributed by atoms with Crippen molar-refractivity contribution in [3.8, 4) is 18.1 Å². The fraction of sp³-hybridized carbons (Fsp3) is 0.421. The number of hydrogen-bond donors (Lipinski definition) is 0. The molecule has 1 aromatic carbocycles. The van der Waals surface area contributed by atoms with Gasteiger partial charge in [0.1, 0.15) is 5.75 Å². The highest BCUT2D eigenvalue weighted by Crippen LogP contribution is 2.43. The lowest BCUT2D eigenvalue weighted by Crippen LogP contribution is -2.39. The molecule has 1 saturated carbocycles. The van der Waals surface area contributed by atoms with E-state index in [2.05, 4.69) is 5.92 Å². The van der Waals surface area contributed by atoms with Crippen LogP contribution in [0.3, 0.4) is 0 Å². The summed E-state index contributed by atoms with van der Waals surface area (Å²) >= 11 is 0. The van der Waals surface area contributed by atoms with Crippen molar-refractivity contribution in [3.63, 3.8) is 0 Å². The quantitative estimate of drug-likeness (QED) is 0.599. The third-order valence-electron chi connectivity index (χ3n) is 5.30. The van der Waals surface area contributed by atoms with Crippen LogP contribution in [0.2, 0.25) is 0 Å². The topological polar surface area (TPSA) is 66.9 Å². The zero-order valence-corrected chi connectivity index (χ0v) is 14.0. The van der Waals surface area contributed by atoms with Gasteiger partial charge in [-0.15, -0.1) is 6.42 Å². The van der Waals surface area contributed by atoms with Gasteiger partial charge in [0, 0.05) is 6.07 Å². The molecule has 2 heterocycles. The lowest BCUT2D eigenvalue weighted by Gasteiger charge is -2.29. The van der Waals surface area contributed by atoms with E-state index in [1.807, 2.05) is 0 Å². The molecule has 2 unspecified atom stereocenters. The molecule has 0 N–H and O–H groups in total. The zero-order chi connectivity index (χ0) is 18.4. The first-order chi connectivity index (χ1) is 12.5. The van der Waals surface area contributed by atoms with Gasteiger partial charge in [0.25, 0.3) is 5.91 Å². The maximum atomic E-state index is 14.7. The van der Waals surface area contributed by atoms with Crippen LogP contribution < -0.4 is 14.5 Å². The van der Waals surface area contributed by atoms with E-state index in [0.29, 0.717) is 12.8 Å². The van der Waals surface area contributed by atoms with E-state index in [4.69, 9.17) is 11.2 Å². The number of rotatable bonds is 2. The van der Waals surface area contributed by atoms with Gasteiger partial charge in [-0.3, -0.25) is 19.3 Å². The molecule has 2 fully saturated rings. The average Bonchev–Trinajstić information content (AvgIpc) is 2.89. The fourth-order valence-electron chi connectivity index (χ4n) is 4.05. The van der Waals surface area contributed by atoms with Gasteiger partial charge in [-0.05, 0) is 18.9 Å². The summed E-state index contributed by atoms with van der Waals surface area (Å²) in [6, 6.07) is 2.41. The summed E-state index contributed by atoms with van der Waals surface area (Å²) in [7, 11) is 0. The molecular weight excluding hydrogens is 339 g/mol. The van der Waals surface area contributed by atoms with Crippen LogP contribution in [-0.2, 0) is 14.4 Å². The van der Waals surface area contributed by atoms with Crippen LogP contribution >= 0.6 is 0 Å².